The second-order valence-electron chi connectivity index (χ2n) is 4.95. The monoisotopic (exact) mass is 287 g/mol. The van der Waals surface area contributed by atoms with E-state index in [1.54, 1.807) is 6.07 Å². The van der Waals surface area contributed by atoms with Crippen molar-refractivity contribution in [1.82, 2.24) is 0 Å². The molecule has 0 aliphatic carbocycles. The fourth-order valence-electron chi connectivity index (χ4n) is 2.57. The lowest BCUT2D eigenvalue weighted by atomic mass is 10.0. The number of hydrogen-bond acceptors (Lipinski definition) is 3. The van der Waals surface area contributed by atoms with Gasteiger partial charge in [-0.3, -0.25) is 0 Å². The van der Waals surface area contributed by atoms with E-state index in [1.807, 2.05) is 25.1 Å². The van der Waals surface area contributed by atoms with Crippen LogP contribution in [0.1, 0.15) is 24.9 Å². The lowest BCUT2D eigenvalue weighted by molar-refractivity contribution is 0.274. The molecule has 1 aliphatic heterocycles. The zero-order valence-electron chi connectivity index (χ0n) is 11.9. The summed E-state index contributed by atoms with van der Waals surface area (Å²) in [6, 6.07) is 12.7. The predicted octanol–water partition coefficient (Wildman–Crippen LogP) is 4.16. The number of halogens is 1. The van der Waals surface area contributed by atoms with E-state index in [-0.39, 0.29) is 11.9 Å². The van der Waals surface area contributed by atoms with Crippen molar-refractivity contribution in [3.05, 3.63) is 53.8 Å². The Morgan fingerprint density at radius 3 is 3.00 bits per heavy atom. The summed E-state index contributed by atoms with van der Waals surface area (Å²) in [5.41, 5.74) is 1.93. The van der Waals surface area contributed by atoms with Crippen molar-refractivity contribution in [2.45, 2.75) is 19.4 Å². The lowest BCUT2D eigenvalue weighted by Gasteiger charge is -2.28. The molecule has 0 fully saturated rings. The van der Waals surface area contributed by atoms with Gasteiger partial charge >= 0.3 is 0 Å². The Balaban J connectivity index is 1.88. The van der Waals surface area contributed by atoms with E-state index in [2.05, 4.69) is 11.4 Å². The molecule has 3 rings (SSSR count). The molecule has 1 unspecified atom stereocenters. The molecule has 2 aromatic rings. The number of rotatable bonds is 4. The third kappa shape index (κ3) is 2.94. The fourth-order valence-corrected chi connectivity index (χ4v) is 2.57. The molecule has 21 heavy (non-hydrogen) atoms. The van der Waals surface area contributed by atoms with Gasteiger partial charge in [-0.05, 0) is 25.1 Å². The Hall–Kier alpha value is -2.23. The van der Waals surface area contributed by atoms with Crippen LogP contribution in [-0.2, 0) is 0 Å². The topological polar surface area (TPSA) is 30.5 Å². The van der Waals surface area contributed by atoms with Gasteiger partial charge in [0.2, 0.25) is 0 Å². The average molecular weight is 287 g/mol. The highest BCUT2D eigenvalue weighted by atomic mass is 19.1. The summed E-state index contributed by atoms with van der Waals surface area (Å²) < 4.78 is 24.5. The molecule has 1 atom stereocenters. The number of fused-ring (bicyclic) bond motifs is 1. The molecule has 3 nitrogen and oxygen atoms in total. The second kappa shape index (κ2) is 6.04. The van der Waals surface area contributed by atoms with E-state index >= 15 is 0 Å². The summed E-state index contributed by atoms with van der Waals surface area (Å²) in [5, 5.41) is 3.45. The van der Waals surface area contributed by atoms with Crippen LogP contribution in [0.15, 0.2) is 42.5 Å². The zero-order valence-corrected chi connectivity index (χ0v) is 11.9. The first-order valence-corrected chi connectivity index (χ1v) is 7.18. The molecule has 1 aliphatic rings. The van der Waals surface area contributed by atoms with E-state index < -0.39 is 0 Å². The fraction of sp³-hybridized carbons (Fsp3) is 0.294. The molecule has 110 valence electrons. The molecule has 0 radical (unpaired) electrons. The quantitative estimate of drug-likeness (QED) is 0.916. The van der Waals surface area contributed by atoms with Crippen molar-refractivity contribution in [3.8, 4) is 11.5 Å². The van der Waals surface area contributed by atoms with Crippen molar-refractivity contribution in [2.24, 2.45) is 0 Å². The van der Waals surface area contributed by atoms with Gasteiger partial charge < -0.3 is 14.8 Å². The predicted molar refractivity (Wildman–Crippen MR) is 80.5 cm³/mol. The van der Waals surface area contributed by atoms with Gasteiger partial charge in [-0.25, -0.2) is 4.39 Å². The Morgan fingerprint density at radius 2 is 2.14 bits per heavy atom. The van der Waals surface area contributed by atoms with Gasteiger partial charge in [0.1, 0.15) is 17.3 Å². The van der Waals surface area contributed by atoms with Gasteiger partial charge in [0.25, 0.3) is 0 Å². The van der Waals surface area contributed by atoms with E-state index in [0.29, 0.717) is 19.0 Å². The molecule has 1 heterocycles. The van der Waals surface area contributed by atoms with Crippen molar-refractivity contribution in [3.63, 3.8) is 0 Å². The molecule has 0 bridgehead atoms. The second-order valence-corrected chi connectivity index (χ2v) is 4.95. The molecule has 0 spiro atoms. The Bertz CT molecular complexity index is 630. The lowest BCUT2D eigenvalue weighted by Crippen LogP contribution is -2.20. The van der Waals surface area contributed by atoms with Gasteiger partial charge in [-0.15, -0.1) is 0 Å². The van der Waals surface area contributed by atoms with Gasteiger partial charge in [0, 0.05) is 18.1 Å². The first-order chi connectivity index (χ1) is 10.3. The Morgan fingerprint density at radius 1 is 1.29 bits per heavy atom. The maximum absolute atomic E-state index is 13.4. The van der Waals surface area contributed by atoms with Crippen molar-refractivity contribution >= 4 is 5.69 Å². The molecular weight excluding hydrogens is 269 g/mol. The number of ether oxygens (including phenoxy) is 2. The van der Waals surface area contributed by atoms with Crippen LogP contribution in [0.3, 0.4) is 0 Å². The summed E-state index contributed by atoms with van der Waals surface area (Å²) in [7, 11) is 0. The largest absolute Gasteiger partial charge is 0.493 e. The third-order valence-electron chi connectivity index (χ3n) is 3.53. The standard InChI is InChI=1S/C17H18FNO2/c1-2-20-17-11-12(18)7-8-15(17)19-14-9-10-21-16-6-4-3-5-13(14)16/h3-8,11,14,19H,2,9-10H2,1H3. The third-order valence-corrected chi connectivity index (χ3v) is 3.53. The highest BCUT2D eigenvalue weighted by Gasteiger charge is 2.21. The molecule has 0 aromatic heterocycles. The SMILES string of the molecule is CCOc1cc(F)ccc1NC1CCOc2ccccc21. The summed E-state index contributed by atoms with van der Waals surface area (Å²) in [6.45, 7) is 3.06. The summed E-state index contributed by atoms with van der Waals surface area (Å²) in [4.78, 5) is 0. The van der Waals surface area contributed by atoms with Crippen LogP contribution in [0.2, 0.25) is 0 Å². The zero-order chi connectivity index (χ0) is 14.7. The van der Waals surface area contributed by atoms with Gasteiger partial charge in [0.05, 0.1) is 24.9 Å². The van der Waals surface area contributed by atoms with Crippen LogP contribution in [-0.4, -0.2) is 13.2 Å². The van der Waals surface area contributed by atoms with Crippen molar-refractivity contribution in [1.29, 1.82) is 0 Å². The summed E-state index contributed by atoms with van der Waals surface area (Å²) >= 11 is 0. The first kappa shape index (κ1) is 13.7. The van der Waals surface area contributed by atoms with Crippen LogP contribution < -0.4 is 14.8 Å². The van der Waals surface area contributed by atoms with Crippen LogP contribution in [0.5, 0.6) is 11.5 Å². The number of hydrogen-bond donors (Lipinski definition) is 1. The molecular formula is C17H18FNO2. The summed E-state index contributed by atoms with van der Waals surface area (Å²) in [6.07, 6.45) is 0.861. The number of benzene rings is 2. The molecule has 2 aromatic carbocycles. The average Bonchev–Trinajstić information content (AvgIpc) is 2.50. The van der Waals surface area contributed by atoms with Crippen molar-refractivity contribution in [2.75, 3.05) is 18.5 Å². The normalized spacial score (nSPS) is 16.8. The number of nitrogens with one attached hydrogen (secondary N) is 1. The van der Waals surface area contributed by atoms with Crippen LogP contribution in [0.25, 0.3) is 0 Å². The highest BCUT2D eigenvalue weighted by Crippen LogP contribution is 2.36. The van der Waals surface area contributed by atoms with Crippen LogP contribution in [0.4, 0.5) is 10.1 Å². The smallest absolute Gasteiger partial charge is 0.145 e. The van der Waals surface area contributed by atoms with E-state index in [9.17, 15) is 4.39 Å². The van der Waals surface area contributed by atoms with E-state index in [1.165, 1.54) is 12.1 Å². The van der Waals surface area contributed by atoms with Gasteiger partial charge in [-0.2, -0.15) is 0 Å². The van der Waals surface area contributed by atoms with Crippen LogP contribution in [0, 0.1) is 5.82 Å². The minimum Gasteiger partial charge on any atom is -0.493 e. The molecule has 4 heteroatoms. The van der Waals surface area contributed by atoms with Crippen LogP contribution >= 0.6 is 0 Å². The number of anilines is 1. The molecule has 0 saturated carbocycles. The molecule has 0 amide bonds. The minimum atomic E-state index is -0.295. The minimum absolute atomic E-state index is 0.139. The van der Waals surface area contributed by atoms with Crippen molar-refractivity contribution < 1.29 is 13.9 Å². The van der Waals surface area contributed by atoms with E-state index in [4.69, 9.17) is 9.47 Å². The molecule has 1 N–H and O–H groups in total. The summed E-state index contributed by atoms with van der Waals surface area (Å²) in [5.74, 6) is 1.15. The highest BCUT2D eigenvalue weighted by molar-refractivity contribution is 5.58. The maximum Gasteiger partial charge on any atom is 0.145 e. The first-order valence-electron chi connectivity index (χ1n) is 7.18. The van der Waals surface area contributed by atoms with Gasteiger partial charge in [0.15, 0.2) is 0 Å². The van der Waals surface area contributed by atoms with E-state index in [0.717, 1.165) is 23.4 Å². The Labute approximate surface area is 123 Å². The maximum atomic E-state index is 13.4. The molecule has 0 saturated heterocycles. The number of para-hydroxylation sites is 1. The van der Waals surface area contributed by atoms with Gasteiger partial charge in [-0.1, -0.05) is 18.2 Å². The Kier molecular flexibility index (Phi) is 3.95.